The van der Waals surface area contributed by atoms with Crippen LogP contribution in [-0.4, -0.2) is 48.9 Å². The minimum Gasteiger partial charge on any atom is -0.378 e. The summed E-state index contributed by atoms with van der Waals surface area (Å²) in [7, 11) is 0. The van der Waals surface area contributed by atoms with E-state index >= 15 is 0 Å². The molecule has 7 heteroatoms. The van der Waals surface area contributed by atoms with Crippen molar-refractivity contribution in [2.24, 2.45) is 5.92 Å². The van der Waals surface area contributed by atoms with E-state index in [4.69, 9.17) is 4.74 Å². The number of hydrogen-bond donors (Lipinski definition) is 2. The van der Waals surface area contributed by atoms with Gasteiger partial charge in [0, 0.05) is 13.1 Å². The first kappa shape index (κ1) is 23.5. The Kier molecular flexibility index (Phi) is 8.00. The summed E-state index contributed by atoms with van der Waals surface area (Å²) in [6, 6.07) is 14.3. The predicted octanol–water partition coefficient (Wildman–Crippen LogP) is 3.31. The number of hydrogen-bond acceptors (Lipinski definition) is 4. The van der Waals surface area contributed by atoms with Crippen LogP contribution in [0.3, 0.4) is 0 Å². The number of amides is 3. The van der Waals surface area contributed by atoms with Crippen molar-refractivity contribution in [2.45, 2.75) is 33.2 Å². The molecule has 32 heavy (non-hydrogen) atoms. The SMILES string of the molecule is Cc1ccccc1C(CC(C)C)NC(=O)C(=O)Nc1ccccc1C(=O)N1CCOCC1. The number of anilines is 1. The molecule has 1 fully saturated rings. The van der Waals surface area contributed by atoms with Crippen LogP contribution in [0.5, 0.6) is 0 Å². The van der Waals surface area contributed by atoms with Gasteiger partial charge >= 0.3 is 11.8 Å². The van der Waals surface area contributed by atoms with Gasteiger partial charge in [0.2, 0.25) is 0 Å². The van der Waals surface area contributed by atoms with Crippen LogP contribution in [0, 0.1) is 12.8 Å². The second-order valence-electron chi connectivity index (χ2n) is 8.42. The van der Waals surface area contributed by atoms with Crippen LogP contribution in [0.25, 0.3) is 0 Å². The van der Waals surface area contributed by atoms with Crippen molar-refractivity contribution in [2.75, 3.05) is 31.6 Å². The number of nitrogens with one attached hydrogen (secondary N) is 2. The van der Waals surface area contributed by atoms with Crippen molar-refractivity contribution in [1.29, 1.82) is 0 Å². The number of nitrogens with zero attached hydrogens (tertiary/aromatic N) is 1. The van der Waals surface area contributed by atoms with E-state index in [0.29, 0.717) is 49.9 Å². The van der Waals surface area contributed by atoms with Crippen LogP contribution in [0.2, 0.25) is 0 Å². The van der Waals surface area contributed by atoms with Gasteiger partial charge in [-0.25, -0.2) is 0 Å². The lowest BCUT2D eigenvalue weighted by atomic mass is 9.94. The van der Waals surface area contributed by atoms with Crippen LogP contribution < -0.4 is 10.6 Å². The van der Waals surface area contributed by atoms with E-state index < -0.39 is 11.8 Å². The van der Waals surface area contributed by atoms with Crippen LogP contribution >= 0.6 is 0 Å². The lowest BCUT2D eigenvalue weighted by Gasteiger charge is -2.27. The standard InChI is InChI=1S/C25H31N3O4/c1-17(2)16-22(19-9-5-4-8-18(19)3)27-24(30)23(29)26-21-11-7-6-10-20(21)25(31)28-12-14-32-15-13-28/h4-11,17,22H,12-16H2,1-3H3,(H,26,29)(H,27,30). The summed E-state index contributed by atoms with van der Waals surface area (Å²) < 4.78 is 5.30. The van der Waals surface area contributed by atoms with E-state index in [2.05, 4.69) is 24.5 Å². The molecule has 1 saturated heterocycles. The van der Waals surface area contributed by atoms with Gasteiger partial charge < -0.3 is 20.3 Å². The van der Waals surface area contributed by atoms with Gasteiger partial charge in [-0.3, -0.25) is 14.4 Å². The third-order valence-corrected chi connectivity index (χ3v) is 5.49. The highest BCUT2D eigenvalue weighted by atomic mass is 16.5. The molecular formula is C25H31N3O4. The molecule has 0 aliphatic carbocycles. The van der Waals surface area contributed by atoms with E-state index in [0.717, 1.165) is 11.1 Å². The fourth-order valence-corrected chi connectivity index (χ4v) is 3.83. The van der Waals surface area contributed by atoms with E-state index in [1.165, 1.54) is 0 Å². The van der Waals surface area contributed by atoms with Crippen LogP contribution in [0.1, 0.15) is 47.8 Å². The number of ether oxygens (including phenoxy) is 1. The van der Waals surface area contributed by atoms with Crippen LogP contribution in [0.15, 0.2) is 48.5 Å². The molecular weight excluding hydrogens is 406 g/mol. The second kappa shape index (κ2) is 10.9. The first-order valence-corrected chi connectivity index (χ1v) is 11.0. The summed E-state index contributed by atoms with van der Waals surface area (Å²) in [6.07, 6.45) is 0.704. The Hall–Kier alpha value is -3.19. The number of rotatable bonds is 6. The monoisotopic (exact) mass is 437 g/mol. The molecule has 1 unspecified atom stereocenters. The lowest BCUT2D eigenvalue weighted by molar-refractivity contribution is -0.136. The first-order valence-electron chi connectivity index (χ1n) is 11.0. The summed E-state index contributed by atoms with van der Waals surface area (Å²) in [4.78, 5) is 40.1. The number of aryl methyl sites for hydroxylation is 1. The van der Waals surface area contributed by atoms with Crippen molar-refractivity contribution in [3.63, 3.8) is 0 Å². The molecule has 0 aromatic heterocycles. The number of morpholine rings is 1. The van der Waals surface area contributed by atoms with Gasteiger partial charge in [0.25, 0.3) is 5.91 Å². The molecule has 1 heterocycles. The molecule has 2 N–H and O–H groups in total. The molecule has 0 radical (unpaired) electrons. The zero-order valence-electron chi connectivity index (χ0n) is 18.9. The largest absolute Gasteiger partial charge is 0.378 e. The molecule has 1 atom stereocenters. The zero-order chi connectivity index (χ0) is 23.1. The minimum absolute atomic E-state index is 0.192. The Labute approximate surface area is 189 Å². The molecule has 3 rings (SSSR count). The lowest BCUT2D eigenvalue weighted by Crippen LogP contribution is -2.41. The number of para-hydroxylation sites is 1. The van der Waals surface area contributed by atoms with Crippen molar-refractivity contribution < 1.29 is 19.1 Å². The van der Waals surface area contributed by atoms with Gasteiger partial charge in [-0.2, -0.15) is 0 Å². The first-order chi connectivity index (χ1) is 15.4. The Morgan fingerprint density at radius 3 is 2.31 bits per heavy atom. The van der Waals surface area contributed by atoms with Crippen molar-refractivity contribution >= 4 is 23.4 Å². The van der Waals surface area contributed by atoms with Gasteiger partial charge in [0.15, 0.2) is 0 Å². The van der Waals surface area contributed by atoms with Crippen molar-refractivity contribution in [3.8, 4) is 0 Å². The minimum atomic E-state index is -0.797. The molecule has 3 amide bonds. The second-order valence-corrected chi connectivity index (χ2v) is 8.42. The van der Waals surface area contributed by atoms with Gasteiger partial charge in [-0.05, 0) is 42.5 Å². The third kappa shape index (κ3) is 5.95. The Morgan fingerprint density at radius 1 is 0.969 bits per heavy atom. The van der Waals surface area contributed by atoms with Crippen LogP contribution in [0.4, 0.5) is 5.69 Å². The van der Waals surface area contributed by atoms with Crippen molar-refractivity contribution in [1.82, 2.24) is 10.2 Å². The average molecular weight is 438 g/mol. The third-order valence-electron chi connectivity index (χ3n) is 5.49. The normalized spacial score (nSPS) is 14.7. The van der Waals surface area contributed by atoms with Gasteiger partial charge in [-0.1, -0.05) is 50.2 Å². The summed E-state index contributed by atoms with van der Waals surface area (Å²) in [6.45, 7) is 8.10. The molecule has 0 saturated carbocycles. The Morgan fingerprint density at radius 2 is 1.62 bits per heavy atom. The predicted molar refractivity (Wildman–Crippen MR) is 123 cm³/mol. The highest BCUT2D eigenvalue weighted by Crippen LogP contribution is 2.24. The summed E-state index contributed by atoms with van der Waals surface area (Å²) >= 11 is 0. The molecule has 170 valence electrons. The molecule has 2 aromatic carbocycles. The molecule has 2 aromatic rings. The molecule has 1 aliphatic heterocycles. The fraction of sp³-hybridized carbons (Fsp3) is 0.400. The van der Waals surface area contributed by atoms with Crippen molar-refractivity contribution in [3.05, 3.63) is 65.2 Å². The maximum absolute atomic E-state index is 12.9. The number of carbonyl (C=O) groups excluding carboxylic acids is 3. The highest BCUT2D eigenvalue weighted by molar-refractivity contribution is 6.40. The van der Waals surface area contributed by atoms with E-state index in [-0.39, 0.29) is 11.9 Å². The zero-order valence-corrected chi connectivity index (χ0v) is 18.9. The van der Waals surface area contributed by atoms with Gasteiger partial charge in [-0.15, -0.1) is 0 Å². The smallest absolute Gasteiger partial charge is 0.313 e. The Bertz CT molecular complexity index is 967. The molecule has 0 spiro atoms. The summed E-state index contributed by atoms with van der Waals surface area (Å²) in [5.41, 5.74) is 2.72. The quantitative estimate of drug-likeness (QED) is 0.679. The highest BCUT2D eigenvalue weighted by Gasteiger charge is 2.25. The molecule has 7 nitrogen and oxygen atoms in total. The van der Waals surface area contributed by atoms with E-state index in [1.807, 2.05) is 31.2 Å². The average Bonchev–Trinajstić information content (AvgIpc) is 2.79. The fourth-order valence-electron chi connectivity index (χ4n) is 3.83. The number of carbonyl (C=O) groups is 3. The molecule has 1 aliphatic rings. The molecule has 0 bridgehead atoms. The number of benzene rings is 2. The van der Waals surface area contributed by atoms with E-state index in [1.54, 1.807) is 29.2 Å². The van der Waals surface area contributed by atoms with E-state index in [9.17, 15) is 14.4 Å². The van der Waals surface area contributed by atoms with Gasteiger partial charge in [0.1, 0.15) is 0 Å². The Balaban J connectivity index is 1.73. The summed E-state index contributed by atoms with van der Waals surface area (Å²) in [5.74, 6) is -1.39. The van der Waals surface area contributed by atoms with Crippen LogP contribution in [-0.2, 0) is 14.3 Å². The maximum atomic E-state index is 12.9. The summed E-state index contributed by atoms with van der Waals surface area (Å²) in [5, 5.41) is 5.50. The topological polar surface area (TPSA) is 87.7 Å². The van der Waals surface area contributed by atoms with Gasteiger partial charge in [0.05, 0.1) is 30.5 Å². The maximum Gasteiger partial charge on any atom is 0.313 e.